The molecule has 2 amide bonds. The van der Waals surface area contributed by atoms with Gasteiger partial charge in [0.15, 0.2) is 0 Å². The van der Waals surface area contributed by atoms with E-state index in [-0.39, 0.29) is 6.03 Å². The van der Waals surface area contributed by atoms with E-state index in [1.807, 2.05) is 0 Å². The van der Waals surface area contributed by atoms with E-state index in [2.05, 4.69) is 18.2 Å². The van der Waals surface area contributed by atoms with Gasteiger partial charge in [-0.05, 0) is 38.0 Å². The Kier molecular flexibility index (Phi) is 3.65. The van der Waals surface area contributed by atoms with E-state index in [4.69, 9.17) is 5.73 Å². The van der Waals surface area contributed by atoms with Gasteiger partial charge in [0.25, 0.3) is 0 Å². The highest BCUT2D eigenvalue weighted by atomic mass is 16.2. The Bertz CT molecular complexity index is 312. The highest BCUT2D eigenvalue weighted by Gasteiger charge is 2.21. The van der Waals surface area contributed by atoms with Crippen molar-refractivity contribution in [3.05, 3.63) is 23.8 Å². The lowest BCUT2D eigenvalue weighted by Crippen LogP contribution is -2.41. The van der Waals surface area contributed by atoms with Gasteiger partial charge in [-0.3, -0.25) is 0 Å². The van der Waals surface area contributed by atoms with Crippen molar-refractivity contribution in [2.75, 3.05) is 13.1 Å². The van der Waals surface area contributed by atoms with Crippen LogP contribution in [0.3, 0.4) is 0 Å². The molecule has 0 atom stereocenters. The number of carbonyl (C=O) groups is 1. The molecule has 0 aromatic heterocycles. The lowest BCUT2D eigenvalue weighted by atomic mass is 9.88. The van der Waals surface area contributed by atoms with Crippen LogP contribution in [-0.4, -0.2) is 24.0 Å². The van der Waals surface area contributed by atoms with Crippen LogP contribution >= 0.6 is 0 Å². The van der Waals surface area contributed by atoms with Gasteiger partial charge in [0.05, 0.1) is 0 Å². The number of nitrogens with two attached hydrogens (primary N) is 1. The van der Waals surface area contributed by atoms with Crippen LogP contribution in [0.15, 0.2) is 23.8 Å². The summed E-state index contributed by atoms with van der Waals surface area (Å²) in [5.41, 5.74) is 6.74. The van der Waals surface area contributed by atoms with Crippen LogP contribution in [0.4, 0.5) is 4.79 Å². The van der Waals surface area contributed by atoms with Crippen LogP contribution in [0.2, 0.25) is 0 Å². The fraction of sp³-hybridized carbons (Fsp3) is 0.615. The number of nitrogens with zero attached hydrogens (tertiary/aromatic N) is 1. The van der Waals surface area contributed by atoms with E-state index in [1.54, 1.807) is 4.90 Å². The fourth-order valence-electron chi connectivity index (χ4n) is 2.51. The number of urea groups is 1. The van der Waals surface area contributed by atoms with Crippen LogP contribution in [0.5, 0.6) is 0 Å². The average molecular weight is 220 g/mol. The Morgan fingerprint density at radius 3 is 2.69 bits per heavy atom. The molecule has 0 radical (unpaired) electrons. The summed E-state index contributed by atoms with van der Waals surface area (Å²) in [5.74, 6) is 0.726. The summed E-state index contributed by atoms with van der Waals surface area (Å²) >= 11 is 0. The molecule has 1 aliphatic carbocycles. The molecule has 0 unspecified atom stereocenters. The van der Waals surface area contributed by atoms with E-state index in [1.165, 1.54) is 24.8 Å². The third kappa shape index (κ3) is 2.87. The van der Waals surface area contributed by atoms with Gasteiger partial charge in [0, 0.05) is 13.1 Å². The Balaban J connectivity index is 1.79. The smallest absolute Gasteiger partial charge is 0.314 e. The van der Waals surface area contributed by atoms with Crippen LogP contribution in [0.1, 0.15) is 32.1 Å². The van der Waals surface area contributed by atoms with Gasteiger partial charge in [0.2, 0.25) is 0 Å². The van der Waals surface area contributed by atoms with Gasteiger partial charge in [-0.1, -0.05) is 23.8 Å². The highest BCUT2D eigenvalue weighted by Crippen LogP contribution is 2.26. The molecule has 0 saturated carbocycles. The first-order chi connectivity index (χ1) is 7.75. The molecule has 16 heavy (non-hydrogen) atoms. The third-order valence-electron chi connectivity index (χ3n) is 3.52. The summed E-state index contributed by atoms with van der Waals surface area (Å²) < 4.78 is 0. The number of rotatable bonds is 2. The zero-order valence-corrected chi connectivity index (χ0v) is 9.69. The molecule has 3 heteroatoms. The predicted molar refractivity (Wildman–Crippen MR) is 65.0 cm³/mol. The maximum absolute atomic E-state index is 11.0. The number of likely N-dealkylation sites (tertiary alicyclic amines) is 1. The zero-order chi connectivity index (χ0) is 11.4. The SMILES string of the molecule is NC(=O)N1CCC(CC2=CCCC=C2)CC1. The highest BCUT2D eigenvalue weighted by molar-refractivity contribution is 5.72. The molecule has 2 N–H and O–H groups in total. The number of hydrogen-bond donors (Lipinski definition) is 1. The van der Waals surface area contributed by atoms with Crippen LogP contribution in [-0.2, 0) is 0 Å². The summed E-state index contributed by atoms with van der Waals surface area (Å²) in [4.78, 5) is 12.7. The first kappa shape index (κ1) is 11.2. The molecule has 0 bridgehead atoms. The zero-order valence-electron chi connectivity index (χ0n) is 9.69. The number of amides is 2. The van der Waals surface area contributed by atoms with Gasteiger partial charge in [-0.2, -0.15) is 0 Å². The Morgan fingerprint density at radius 2 is 2.12 bits per heavy atom. The molecule has 1 saturated heterocycles. The first-order valence-electron chi connectivity index (χ1n) is 6.15. The Morgan fingerprint density at radius 1 is 1.38 bits per heavy atom. The van der Waals surface area contributed by atoms with Crippen molar-refractivity contribution in [1.82, 2.24) is 4.90 Å². The van der Waals surface area contributed by atoms with Crippen molar-refractivity contribution in [3.8, 4) is 0 Å². The molecular weight excluding hydrogens is 200 g/mol. The van der Waals surface area contributed by atoms with Crippen molar-refractivity contribution < 1.29 is 4.79 Å². The largest absolute Gasteiger partial charge is 0.351 e. The number of piperidine rings is 1. The van der Waals surface area contributed by atoms with Gasteiger partial charge in [-0.15, -0.1) is 0 Å². The van der Waals surface area contributed by atoms with Crippen molar-refractivity contribution in [2.45, 2.75) is 32.1 Å². The van der Waals surface area contributed by atoms with Crippen molar-refractivity contribution in [2.24, 2.45) is 11.7 Å². The fourth-order valence-corrected chi connectivity index (χ4v) is 2.51. The van der Waals surface area contributed by atoms with E-state index < -0.39 is 0 Å². The van der Waals surface area contributed by atoms with Crippen molar-refractivity contribution >= 4 is 6.03 Å². The minimum atomic E-state index is -0.268. The van der Waals surface area contributed by atoms with E-state index in [0.29, 0.717) is 0 Å². The monoisotopic (exact) mass is 220 g/mol. The van der Waals surface area contributed by atoms with Crippen LogP contribution < -0.4 is 5.73 Å². The van der Waals surface area contributed by atoms with Gasteiger partial charge in [-0.25, -0.2) is 4.79 Å². The average Bonchev–Trinajstić information content (AvgIpc) is 2.31. The molecule has 0 aromatic rings. The van der Waals surface area contributed by atoms with Crippen LogP contribution in [0.25, 0.3) is 0 Å². The molecule has 88 valence electrons. The summed E-state index contributed by atoms with van der Waals surface area (Å²) in [6, 6.07) is -0.268. The van der Waals surface area contributed by atoms with Gasteiger partial charge in [0.1, 0.15) is 0 Å². The summed E-state index contributed by atoms with van der Waals surface area (Å²) in [6.07, 6.45) is 12.6. The summed E-state index contributed by atoms with van der Waals surface area (Å²) in [6.45, 7) is 1.66. The van der Waals surface area contributed by atoms with Crippen molar-refractivity contribution in [3.63, 3.8) is 0 Å². The quantitative estimate of drug-likeness (QED) is 0.763. The maximum atomic E-state index is 11.0. The molecule has 2 aliphatic rings. The molecule has 1 fully saturated rings. The minimum Gasteiger partial charge on any atom is -0.351 e. The normalized spacial score (nSPS) is 22.0. The second-order valence-corrected chi connectivity index (χ2v) is 4.73. The Labute approximate surface area is 97.0 Å². The second-order valence-electron chi connectivity index (χ2n) is 4.73. The maximum Gasteiger partial charge on any atom is 0.314 e. The number of primary amides is 1. The number of allylic oxidation sites excluding steroid dienone is 4. The lowest BCUT2D eigenvalue weighted by molar-refractivity contribution is 0.179. The summed E-state index contributed by atoms with van der Waals surface area (Å²) in [7, 11) is 0. The van der Waals surface area contributed by atoms with Crippen molar-refractivity contribution in [1.29, 1.82) is 0 Å². The standard InChI is InChI=1S/C13H20N2O/c14-13(16)15-8-6-12(7-9-15)10-11-4-2-1-3-5-11/h2,4-5,12H,1,3,6-10H2,(H2,14,16). The predicted octanol–water partition coefficient (Wildman–Crippen LogP) is 2.44. The topological polar surface area (TPSA) is 46.3 Å². The third-order valence-corrected chi connectivity index (χ3v) is 3.52. The van der Waals surface area contributed by atoms with Gasteiger partial charge >= 0.3 is 6.03 Å². The minimum absolute atomic E-state index is 0.268. The van der Waals surface area contributed by atoms with Crippen LogP contribution in [0, 0.1) is 5.92 Å². The van der Waals surface area contributed by atoms with E-state index in [9.17, 15) is 4.79 Å². The molecule has 3 nitrogen and oxygen atoms in total. The number of hydrogen-bond acceptors (Lipinski definition) is 1. The Hall–Kier alpha value is -1.25. The molecule has 2 rings (SSSR count). The van der Waals surface area contributed by atoms with Gasteiger partial charge < -0.3 is 10.6 Å². The molecule has 0 aromatic carbocycles. The molecule has 1 heterocycles. The molecule has 1 aliphatic heterocycles. The molecular formula is C13H20N2O. The number of carbonyl (C=O) groups excluding carboxylic acids is 1. The second kappa shape index (κ2) is 5.19. The van der Waals surface area contributed by atoms with E-state index >= 15 is 0 Å². The summed E-state index contributed by atoms with van der Waals surface area (Å²) in [5, 5.41) is 0. The van der Waals surface area contributed by atoms with E-state index in [0.717, 1.165) is 31.8 Å². The molecule has 0 spiro atoms. The lowest BCUT2D eigenvalue weighted by Gasteiger charge is -2.31. The first-order valence-corrected chi connectivity index (χ1v) is 6.15.